The molecule has 100 valence electrons. The molecule has 1 atom stereocenters. The summed E-state index contributed by atoms with van der Waals surface area (Å²) in [5.41, 5.74) is 1.08. The van der Waals surface area contributed by atoms with Crippen LogP contribution in [0, 0.1) is 5.92 Å². The zero-order valence-electron chi connectivity index (χ0n) is 11.7. The van der Waals surface area contributed by atoms with Gasteiger partial charge in [0.2, 0.25) is 0 Å². The summed E-state index contributed by atoms with van der Waals surface area (Å²) in [5, 5.41) is 3.11. The number of nitrogens with one attached hydrogen (secondary N) is 1. The van der Waals surface area contributed by atoms with Gasteiger partial charge in [-0.15, -0.1) is 0 Å². The van der Waals surface area contributed by atoms with Crippen molar-refractivity contribution >= 4 is 5.82 Å². The molecule has 4 heteroatoms. The highest BCUT2D eigenvalue weighted by Crippen LogP contribution is 2.42. The minimum Gasteiger partial charge on any atom is -0.373 e. The fraction of sp³-hybridized carbons (Fsp3) is 0.714. The first-order chi connectivity index (χ1) is 8.65. The molecule has 0 saturated heterocycles. The Labute approximate surface area is 109 Å². The topological polar surface area (TPSA) is 47.0 Å². The Morgan fingerprint density at radius 2 is 2.11 bits per heavy atom. The molecular formula is C14H23N3O. The molecule has 1 saturated carbocycles. The van der Waals surface area contributed by atoms with Crippen LogP contribution in [-0.2, 0) is 4.74 Å². The van der Waals surface area contributed by atoms with Crippen LogP contribution in [0.1, 0.15) is 57.2 Å². The van der Waals surface area contributed by atoms with E-state index < -0.39 is 0 Å². The number of nitrogens with zero attached hydrogens (tertiary/aromatic N) is 2. The van der Waals surface area contributed by atoms with Gasteiger partial charge in [-0.05, 0) is 31.6 Å². The molecule has 4 nitrogen and oxygen atoms in total. The Morgan fingerprint density at radius 1 is 1.39 bits per heavy atom. The van der Waals surface area contributed by atoms with Crippen LogP contribution < -0.4 is 5.32 Å². The third kappa shape index (κ3) is 2.99. The predicted octanol–water partition coefficient (Wildman–Crippen LogP) is 3.13. The van der Waals surface area contributed by atoms with Gasteiger partial charge in [-0.3, -0.25) is 0 Å². The van der Waals surface area contributed by atoms with Crippen LogP contribution >= 0.6 is 0 Å². The molecule has 0 radical (unpaired) electrons. The maximum Gasteiger partial charge on any atom is 0.160 e. The second kappa shape index (κ2) is 5.65. The summed E-state index contributed by atoms with van der Waals surface area (Å²) in [5.74, 6) is 2.74. The highest BCUT2D eigenvalue weighted by atomic mass is 16.5. The number of rotatable bonds is 6. The molecule has 0 aromatic carbocycles. The summed E-state index contributed by atoms with van der Waals surface area (Å²) in [7, 11) is 1.89. The Hall–Kier alpha value is -1.16. The first-order valence-electron chi connectivity index (χ1n) is 6.84. The molecule has 18 heavy (non-hydrogen) atoms. The number of hydrogen-bond donors (Lipinski definition) is 1. The van der Waals surface area contributed by atoms with E-state index in [2.05, 4.69) is 29.1 Å². The summed E-state index contributed by atoms with van der Waals surface area (Å²) < 4.78 is 5.83. The predicted molar refractivity (Wildman–Crippen MR) is 72.8 cm³/mol. The first-order valence-corrected chi connectivity index (χ1v) is 6.84. The van der Waals surface area contributed by atoms with Crippen molar-refractivity contribution in [1.29, 1.82) is 0 Å². The van der Waals surface area contributed by atoms with Gasteiger partial charge in [-0.25, -0.2) is 9.97 Å². The quantitative estimate of drug-likeness (QED) is 0.841. The van der Waals surface area contributed by atoms with Crippen molar-refractivity contribution in [3.63, 3.8) is 0 Å². The van der Waals surface area contributed by atoms with E-state index in [0.29, 0.717) is 18.4 Å². The standard InChI is InChI=1S/C14H23N3O/c1-5-18-13(10-6-7-10)14-16-11(9(2)3)8-12(15-4)17-14/h8-10,13H,5-7H2,1-4H3,(H,15,16,17). The molecule has 1 aromatic heterocycles. The monoisotopic (exact) mass is 249 g/mol. The zero-order valence-corrected chi connectivity index (χ0v) is 11.7. The summed E-state index contributed by atoms with van der Waals surface area (Å²) in [4.78, 5) is 9.25. The highest BCUT2D eigenvalue weighted by molar-refractivity contribution is 5.36. The lowest BCUT2D eigenvalue weighted by Crippen LogP contribution is -2.13. The molecule has 2 rings (SSSR count). The zero-order chi connectivity index (χ0) is 13.1. The molecular weight excluding hydrogens is 226 g/mol. The fourth-order valence-corrected chi connectivity index (χ4v) is 2.04. The van der Waals surface area contributed by atoms with Crippen LogP contribution in [0.3, 0.4) is 0 Å². The van der Waals surface area contributed by atoms with Gasteiger partial charge in [0, 0.05) is 25.4 Å². The average molecular weight is 249 g/mol. The minimum absolute atomic E-state index is 0.0702. The van der Waals surface area contributed by atoms with E-state index in [1.165, 1.54) is 12.8 Å². The molecule has 0 aliphatic heterocycles. The third-order valence-corrected chi connectivity index (χ3v) is 3.26. The van der Waals surface area contributed by atoms with E-state index >= 15 is 0 Å². The van der Waals surface area contributed by atoms with Crippen molar-refractivity contribution in [3.05, 3.63) is 17.6 Å². The van der Waals surface area contributed by atoms with E-state index in [9.17, 15) is 0 Å². The number of anilines is 1. The van der Waals surface area contributed by atoms with Gasteiger partial charge in [-0.1, -0.05) is 13.8 Å². The van der Waals surface area contributed by atoms with Crippen LogP contribution in [0.15, 0.2) is 6.07 Å². The smallest absolute Gasteiger partial charge is 0.160 e. The van der Waals surface area contributed by atoms with E-state index in [-0.39, 0.29) is 6.10 Å². The molecule has 0 spiro atoms. The maximum absolute atomic E-state index is 5.83. The molecule has 1 fully saturated rings. The van der Waals surface area contributed by atoms with Gasteiger partial charge in [0.1, 0.15) is 11.9 Å². The molecule has 1 aliphatic rings. The largest absolute Gasteiger partial charge is 0.373 e. The SMILES string of the molecule is CCOC(c1nc(NC)cc(C(C)C)n1)C1CC1. The highest BCUT2D eigenvalue weighted by Gasteiger charge is 2.35. The fourth-order valence-electron chi connectivity index (χ4n) is 2.04. The molecule has 0 bridgehead atoms. The van der Waals surface area contributed by atoms with E-state index in [4.69, 9.17) is 4.74 Å². The van der Waals surface area contributed by atoms with E-state index in [1.54, 1.807) is 0 Å². The van der Waals surface area contributed by atoms with Crippen molar-refractivity contribution in [2.75, 3.05) is 19.0 Å². The molecule has 1 aliphatic carbocycles. The Bertz CT molecular complexity index is 402. The number of aromatic nitrogens is 2. The van der Waals surface area contributed by atoms with Crippen LogP contribution in [0.25, 0.3) is 0 Å². The van der Waals surface area contributed by atoms with Crippen molar-refractivity contribution < 1.29 is 4.74 Å². The minimum atomic E-state index is 0.0702. The first kappa shape index (κ1) is 13.3. The second-order valence-corrected chi connectivity index (χ2v) is 5.15. The van der Waals surface area contributed by atoms with Gasteiger partial charge in [0.25, 0.3) is 0 Å². The van der Waals surface area contributed by atoms with Crippen molar-refractivity contribution in [3.8, 4) is 0 Å². The van der Waals surface area contributed by atoms with Crippen LogP contribution in [0.5, 0.6) is 0 Å². The normalized spacial score (nSPS) is 16.9. The molecule has 0 amide bonds. The molecule has 1 N–H and O–H groups in total. The molecule has 1 heterocycles. The van der Waals surface area contributed by atoms with Crippen molar-refractivity contribution in [2.24, 2.45) is 5.92 Å². The summed E-state index contributed by atoms with van der Waals surface area (Å²) >= 11 is 0. The van der Waals surface area contributed by atoms with Gasteiger partial charge in [-0.2, -0.15) is 0 Å². The van der Waals surface area contributed by atoms with Crippen molar-refractivity contribution in [1.82, 2.24) is 9.97 Å². The van der Waals surface area contributed by atoms with E-state index in [0.717, 1.165) is 17.3 Å². The van der Waals surface area contributed by atoms with Gasteiger partial charge >= 0.3 is 0 Å². The van der Waals surface area contributed by atoms with Crippen LogP contribution in [0.4, 0.5) is 5.82 Å². The summed E-state index contributed by atoms with van der Waals surface area (Å²) in [6.45, 7) is 7.04. The lowest BCUT2D eigenvalue weighted by Gasteiger charge is -2.17. The van der Waals surface area contributed by atoms with Crippen LogP contribution in [-0.4, -0.2) is 23.6 Å². The summed E-state index contributed by atoms with van der Waals surface area (Å²) in [6, 6.07) is 2.02. The lowest BCUT2D eigenvalue weighted by molar-refractivity contribution is 0.0399. The molecule has 1 unspecified atom stereocenters. The molecule has 1 aromatic rings. The Morgan fingerprint density at radius 3 is 2.61 bits per heavy atom. The van der Waals surface area contributed by atoms with Crippen LogP contribution in [0.2, 0.25) is 0 Å². The van der Waals surface area contributed by atoms with Gasteiger partial charge in [0.15, 0.2) is 5.82 Å². The number of hydrogen-bond acceptors (Lipinski definition) is 4. The lowest BCUT2D eigenvalue weighted by atomic mass is 10.1. The van der Waals surface area contributed by atoms with Crippen molar-refractivity contribution in [2.45, 2.75) is 45.6 Å². The second-order valence-electron chi connectivity index (χ2n) is 5.15. The average Bonchev–Trinajstić information content (AvgIpc) is 3.19. The van der Waals surface area contributed by atoms with Gasteiger partial charge in [0.05, 0.1) is 0 Å². The Kier molecular flexibility index (Phi) is 4.17. The third-order valence-electron chi connectivity index (χ3n) is 3.26. The maximum atomic E-state index is 5.83. The Balaban J connectivity index is 2.31. The van der Waals surface area contributed by atoms with E-state index in [1.807, 2.05) is 20.0 Å². The summed E-state index contributed by atoms with van der Waals surface area (Å²) in [6.07, 6.45) is 2.53. The van der Waals surface area contributed by atoms with Gasteiger partial charge < -0.3 is 10.1 Å². The number of ether oxygens (including phenoxy) is 1.